The summed E-state index contributed by atoms with van der Waals surface area (Å²) >= 11 is 0. The number of aliphatic hydroxyl groups excluding tert-OH is 1. The van der Waals surface area contributed by atoms with Gasteiger partial charge in [0.2, 0.25) is 0 Å². The molecule has 2 atom stereocenters. The van der Waals surface area contributed by atoms with Crippen LogP contribution < -0.4 is 0 Å². The number of aryl methyl sites for hydroxylation is 1. The molecule has 0 unspecified atom stereocenters. The minimum Gasteiger partial charge on any atom is -0.391 e. The summed E-state index contributed by atoms with van der Waals surface area (Å²) in [5.41, 5.74) is 3.13. The third-order valence-electron chi connectivity index (χ3n) is 4.11. The Hall–Kier alpha value is -1.78. The van der Waals surface area contributed by atoms with Crippen molar-refractivity contribution in [2.24, 2.45) is 0 Å². The Morgan fingerprint density at radius 3 is 2.67 bits per heavy atom. The van der Waals surface area contributed by atoms with Gasteiger partial charge < -0.3 is 5.11 Å². The maximum absolute atomic E-state index is 10.4. The number of likely N-dealkylation sites (tertiary alicyclic amines) is 1. The first-order valence-corrected chi connectivity index (χ1v) is 7.45. The van der Waals surface area contributed by atoms with Crippen LogP contribution in [-0.4, -0.2) is 39.2 Å². The number of hydrogen-bond acceptors (Lipinski definition) is 4. The van der Waals surface area contributed by atoms with Gasteiger partial charge in [-0.25, -0.2) is 0 Å². The highest BCUT2D eigenvalue weighted by molar-refractivity contribution is 5.21. The molecule has 0 aliphatic carbocycles. The van der Waals surface area contributed by atoms with Crippen LogP contribution in [-0.2, 0) is 6.54 Å². The molecular weight excluding hydrogens is 262 g/mol. The van der Waals surface area contributed by atoms with Crippen molar-refractivity contribution in [3.63, 3.8) is 0 Å². The quantitative estimate of drug-likeness (QED) is 0.937. The van der Waals surface area contributed by atoms with Crippen LogP contribution in [0.15, 0.2) is 42.7 Å². The Balaban J connectivity index is 1.62. The lowest BCUT2D eigenvalue weighted by Gasteiger charge is -2.36. The average molecular weight is 283 g/mol. The fraction of sp³-hybridized carbons (Fsp3) is 0.412. The number of benzene rings is 1. The van der Waals surface area contributed by atoms with Crippen LogP contribution in [0, 0.1) is 6.92 Å². The van der Waals surface area contributed by atoms with Crippen LogP contribution in [0.4, 0.5) is 0 Å². The molecule has 2 aromatic rings. The molecule has 1 aliphatic heterocycles. The minimum absolute atomic E-state index is 0.242. The van der Waals surface area contributed by atoms with Crippen LogP contribution in [0.3, 0.4) is 0 Å². The summed E-state index contributed by atoms with van der Waals surface area (Å²) in [6, 6.07) is 10.3. The van der Waals surface area contributed by atoms with Crippen molar-refractivity contribution < 1.29 is 5.11 Å². The standard InChI is InChI=1S/C17H21N3O/c1-13-9-19-15(10-18-13)11-20-8-7-16(17(21)12-20)14-5-3-2-4-6-14/h2-6,9-10,16-17,21H,7-8,11-12H2,1H3/t16-,17+/m0/s1. The molecule has 1 aromatic heterocycles. The molecule has 1 aliphatic rings. The second-order valence-electron chi connectivity index (χ2n) is 5.76. The van der Waals surface area contributed by atoms with Crippen molar-refractivity contribution in [2.45, 2.75) is 31.9 Å². The molecule has 0 spiro atoms. The largest absolute Gasteiger partial charge is 0.391 e. The lowest BCUT2D eigenvalue weighted by atomic mass is 9.87. The lowest BCUT2D eigenvalue weighted by molar-refractivity contribution is 0.0471. The van der Waals surface area contributed by atoms with Gasteiger partial charge in [0.1, 0.15) is 0 Å². The highest BCUT2D eigenvalue weighted by atomic mass is 16.3. The van der Waals surface area contributed by atoms with E-state index in [4.69, 9.17) is 0 Å². The van der Waals surface area contributed by atoms with Crippen molar-refractivity contribution in [1.29, 1.82) is 0 Å². The van der Waals surface area contributed by atoms with E-state index in [1.54, 1.807) is 6.20 Å². The van der Waals surface area contributed by atoms with E-state index in [-0.39, 0.29) is 12.0 Å². The highest BCUT2D eigenvalue weighted by Gasteiger charge is 2.28. The second kappa shape index (κ2) is 6.33. The fourth-order valence-electron chi connectivity index (χ4n) is 2.96. The lowest BCUT2D eigenvalue weighted by Crippen LogP contribution is -2.42. The van der Waals surface area contributed by atoms with Gasteiger partial charge in [-0.2, -0.15) is 0 Å². The molecule has 2 heterocycles. The zero-order chi connectivity index (χ0) is 14.7. The second-order valence-corrected chi connectivity index (χ2v) is 5.76. The summed E-state index contributed by atoms with van der Waals surface area (Å²) in [4.78, 5) is 10.9. The van der Waals surface area contributed by atoms with Gasteiger partial charge >= 0.3 is 0 Å². The van der Waals surface area contributed by atoms with Gasteiger partial charge in [0.25, 0.3) is 0 Å². The first-order valence-electron chi connectivity index (χ1n) is 7.45. The Morgan fingerprint density at radius 2 is 2.00 bits per heavy atom. The number of hydrogen-bond donors (Lipinski definition) is 1. The van der Waals surface area contributed by atoms with Gasteiger partial charge in [0.05, 0.1) is 17.5 Å². The zero-order valence-corrected chi connectivity index (χ0v) is 12.3. The van der Waals surface area contributed by atoms with Gasteiger partial charge in [-0.3, -0.25) is 14.9 Å². The topological polar surface area (TPSA) is 49.2 Å². The van der Waals surface area contributed by atoms with E-state index in [1.807, 2.05) is 31.3 Å². The van der Waals surface area contributed by atoms with Gasteiger partial charge in [-0.1, -0.05) is 30.3 Å². The van der Waals surface area contributed by atoms with Crippen molar-refractivity contribution in [1.82, 2.24) is 14.9 Å². The zero-order valence-electron chi connectivity index (χ0n) is 12.3. The average Bonchev–Trinajstić information content (AvgIpc) is 2.51. The molecule has 3 rings (SSSR count). The van der Waals surface area contributed by atoms with Crippen molar-refractivity contribution in [2.75, 3.05) is 13.1 Å². The van der Waals surface area contributed by atoms with E-state index in [1.165, 1.54) is 5.56 Å². The predicted molar refractivity (Wildman–Crippen MR) is 81.9 cm³/mol. The number of nitrogens with zero attached hydrogens (tertiary/aromatic N) is 3. The highest BCUT2D eigenvalue weighted by Crippen LogP contribution is 2.28. The van der Waals surface area contributed by atoms with Crippen molar-refractivity contribution in [3.8, 4) is 0 Å². The third kappa shape index (κ3) is 3.46. The third-order valence-corrected chi connectivity index (χ3v) is 4.11. The Kier molecular flexibility index (Phi) is 4.27. The molecule has 0 amide bonds. The minimum atomic E-state index is -0.320. The van der Waals surface area contributed by atoms with E-state index < -0.39 is 0 Å². The number of aromatic nitrogens is 2. The van der Waals surface area contributed by atoms with E-state index >= 15 is 0 Å². The van der Waals surface area contributed by atoms with Gasteiger partial charge in [-0.15, -0.1) is 0 Å². The first kappa shape index (κ1) is 14.2. The van der Waals surface area contributed by atoms with E-state index in [0.717, 1.165) is 30.9 Å². The van der Waals surface area contributed by atoms with Crippen LogP contribution in [0.5, 0.6) is 0 Å². The van der Waals surface area contributed by atoms with Crippen LogP contribution in [0.2, 0.25) is 0 Å². The summed E-state index contributed by atoms with van der Waals surface area (Å²) in [7, 11) is 0. The van der Waals surface area contributed by atoms with E-state index in [9.17, 15) is 5.11 Å². The summed E-state index contributed by atoms with van der Waals surface area (Å²) in [5.74, 6) is 0.242. The monoisotopic (exact) mass is 283 g/mol. The molecule has 4 nitrogen and oxygen atoms in total. The maximum Gasteiger partial charge on any atom is 0.0736 e. The number of rotatable bonds is 3. The summed E-state index contributed by atoms with van der Waals surface area (Å²) < 4.78 is 0. The molecule has 1 fully saturated rings. The molecular formula is C17H21N3O. The SMILES string of the molecule is Cc1cnc(CN2CC[C@@H](c3ccccc3)[C@H](O)C2)cn1. The molecule has 1 aromatic carbocycles. The van der Waals surface area contributed by atoms with Crippen LogP contribution in [0.25, 0.3) is 0 Å². The normalized spacial score (nSPS) is 23.1. The van der Waals surface area contributed by atoms with E-state index in [0.29, 0.717) is 6.54 Å². The van der Waals surface area contributed by atoms with Crippen molar-refractivity contribution >= 4 is 0 Å². The molecule has 0 radical (unpaired) electrons. The first-order chi connectivity index (χ1) is 10.2. The summed E-state index contributed by atoms with van der Waals surface area (Å²) in [6.45, 7) is 4.36. The Bertz CT molecular complexity index is 570. The molecule has 110 valence electrons. The number of piperidine rings is 1. The summed E-state index contributed by atoms with van der Waals surface area (Å²) in [5, 5.41) is 10.4. The fourth-order valence-corrected chi connectivity index (χ4v) is 2.96. The molecule has 0 bridgehead atoms. The van der Waals surface area contributed by atoms with Crippen LogP contribution in [0.1, 0.15) is 29.3 Å². The molecule has 1 saturated heterocycles. The van der Waals surface area contributed by atoms with E-state index in [2.05, 4.69) is 27.0 Å². The Morgan fingerprint density at radius 1 is 1.19 bits per heavy atom. The van der Waals surface area contributed by atoms with Crippen molar-refractivity contribution in [3.05, 3.63) is 59.7 Å². The maximum atomic E-state index is 10.4. The molecule has 4 heteroatoms. The molecule has 1 N–H and O–H groups in total. The van der Waals surface area contributed by atoms with Gasteiger partial charge in [-0.05, 0) is 25.5 Å². The van der Waals surface area contributed by atoms with Crippen LogP contribution >= 0.6 is 0 Å². The summed E-state index contributed by atoms with van der Waals surface area (Å²) in [6.07, 6.45) is 4.28. The van der Waals surface area contributed by atoms with Gasteiger partial charge in [0.15, 0.2) is 0 Å². The predicted octanol–water partition coefficient (Wildman–Crippen LogP) is 2.14. The smallest absolute Gasteiger partial charge is 0.0736 e. The Labute approximate surface area is 125 Å². The molecule has 21 heavy (non-hydrogen) atoms. The number of aliphatic hydroxyl groups is 1. The van der Waals surface area contributed by atoms with Gasteiger partial charge in [0, 0.05) is 31.4 Å². The number of β-amino-alcohol motifs (C(OH)–C–C–N with tert-alkyl or cyclic N) is 1. The molecule has 0 saturated carbocycles.